The molecule has 0 aromatic carbocycles. The smallest absolute Gasteiger partial charge is 0.169 e. The van der Waals surface area contributed by atoms with Crippen LogP contribution >= 0.6 is 0 Å². The number of carbonyl (C=O) groups is 1. The SMILES string of the molecule is CCC1OC(CC)(CC)OC1C=O. The van der Waals surface area contributed by atoms with Gasteiger partial charge < -0.3 is 14.3 Å². The molecule has 0 spiro atoms. The molecule has 0 bridgehead atoms. The van der Waals surface area contributed by atoms with Gasteiger partial charge in [-0.25, -0.2) is 0 Å². The first-order valence-electron chi connectivity index (χ1n) is 5.02. The molecule has 0 aromatic rings. The summed E-state index contributed by atoms with van der Waals surface area (Å²) in [5, 5.41) is 0. The molecule has 1 fully saturated rings. The fraction of sp³-hybridized carbons (Fsp3) is 0.900. The van der Waals surface area contributed by atoms with E-state index in [1.165, 1.54) is 0 Å². The molecule has 76 valence electrons. The first-order chi connectivity index (χ1) is 6.21. The Hall–Kier alpha value is -0.410. The van der Waals surface area contributed by atoms with E-state index in [9.17, 15) is 4.79 Å². The zero-order valence-corrected chi connectivity index (χ0v) is 8.58. The molecule has 0 aromatic heterocycles. The molecule has 1 aliphatic rings. The van der Waals surface area contributed by atoms with Crippen molar-refractivity contribution in [3.05, 3.63) is 0 Å². The molecule has 2 atom stereocenters. The lowest BCUT2D eigenvalue weighted by Gasteiger charge is -2.24. The first-order valence-corrected chi connectivity index (χ1v) is 5.02. The van der Waals surface area contributed by atoms with Crippen molar-refractivity contribution in [3.8, 4) is 0 Å². The van der Waals surface area contributed by atoms with Crippen molar-refractivity contribution < 1.29 is 14.3 Å². The first kappa shape index (κ1) is 10.7. The summed E-state index contributed by atoms with van der Waals surface area (Å²) < 4.78 is 11.4. The molecule has 1 rings (SSSR count). The zero-order valence-electron chi connectivity index (χ0n) is 8.58. The number of hydrogen-bond acceptors (Lipinski definition) is 3. The van der Waals surface area contributed by atoms with Crippen LogP contribution in [0.4, 0.5) is 0 Å². The van der Waals surface area contributed by atoms with Crippen LogP contribution in [0.1, 0.15) is 40.0 Å². The summed E-state index contributed by atoms with van der Waals surface area (Å²) in [6.45, 7) is 6.04. The number of carbonyl (C=O) groups excluding carboxylic acids is 1. The van der Waals surface area contributed by atoms with Crippen molar-refractivity contribution >= 4 is 6.29 Å². The Labute approximate surface area is 79.4 Å². The van der Waals surface area contributed by atoms with Crippen LogP contribution in [0.15, 0.2) is 0 Å². The third-order valence-corrected chi connectivity index (χ3v) is 2.70. The lowest BCUT2D eigenvalue weighted by Crippen LogP contribution is -2.29. The Kier molecular flexibility index (Phi) is 3.45. The maximum absolute atomic E-state index is 10.7. The molecule has 0 N–H and O–H groups in total. The Balaban J connectivity index is 2.70. The molecule has 0 radical (unpaired) electrons. The fourth-order valence-corrected chi connectivity index (χ4v) is 1.71. The summed E-state index contributed by atoms with van der Waals surface area (Å²) in [6, 6.07) is 0. The third-order valence-electron chi connectivity index (χ3n) is 2.70. The molecule has 1 saturated heterocycles. The van der Waals surface area contributed by atoms with Crippen molar-refractivity contribution in [1.29, 1.82) is 0 Å². The lowest BCUT2D eigenvalue weighted by atomic mass is 10.1. The maximum Gasteiger partial charge on any atom is 0.169 e. The maximum atomic E-state index is 10.7. The van der Waals surface area contributed by atoms with Crippen LogP contribution in [0, 0.1) is 0 Å². The molecule has 0 aliphatic carbocycles. The topological polar surface area (TPSA) is 35.5 Å². The van der Waals surface area contributed by atoms with E-state index in [0.29, 0.717) is 0 Å². The minimum atomic E-state index is -0.508. The summed E-state index contributed by atoms with van der Waals surface area (Å²) in [6.07, 6.45) is 2.84. The van der Waals surface area contributed by atoms with E-state index in [4.69, 9.17) is 9.47 Å². The molecule has 0 amide bonds. The minimum absolute atomic E-state index is 0.0580. The van der Waals surface area contributed by atoms with Crippen LogP contribution in [0.2, 0.25) is 0 Å². The van der Waals surface area contributed by atoms with Crippen molar-refractivity contribution in [3.63, 3.8) is 0 Å². The van der Waals surface area contributed by atoms with Crippen molar-refractivity contribution in [2.24, 2.45) is 0 Å². The molecule has 2 unspecified atom stereocenters. The quantitative estimate of drug-likeness (QED) is 0.629. The minimum Gasteiger partial charge on any atom is -0.344 e. The molecular weight excluding hydrogens is 168 g/mol. The standard InChI is InChI=1S/C10H18O3/c1-4-8-9(7-11)13-10(5-2,6-3)12-8/h7-9H,4-6H2,1-3H3. The lowest BCUT2D eigenvalue weighted by molar-refractivity contribution is -0.179. The van der Waals surface area contributed by atoms with Crippen molar-refractivity contribution in [2.45, 2.75) is 58.0 Å². The normalized spacial score (nSPS) is 31.9. The van der Waals surface area contributed by atoms with E-state index in [0.717, 1.165) is 25.5 Å². The monoisotopic (exact) mass is 186 g/mol. The summed E-state index contributed by atoms with van der Waals surface area (Å²) in [7, 11) is 0. The van der Waals surface area contributed by atoms with Gasteiger partial charge in [-0.05, 0) is 19.3 Å². The van der Waals surface area contributed by atoms with Crippen LogP contribution in [0.5, 0.6) is 0 Å². The Bertz CT molecular complexity index is 175. The Morgan fingerprint density at radius 1 is 1.23 bits per heavy atom. The van der Waals surface area contributed by atoms with E-state index in [-0.39, 0.29) is 12.2 Å². The molecule has 0 saturated carbocycles. The van der Waals surface area contributed by atoms with Gasteiger partial charge in [0.15, 0.2) is 12.1 Å². The third kappa shape index (κ3) is 1.92. The predicted molar refractivity (Wildman–Crippen MR) is 49.4 cm³/mol. The molecule has 1 heterocycles. The van der Waals surface area contributed by atoms with E-state index < -0.39 is 5.79 Å². The van der Waals surface area contributed by atoms with Crippen LogP contribution in [0.25, 0.3) is 0 Å². The zero-order chi connectivity index (χ0) is 9.90. The van der Waals surface area contributed by atoms with Crippen LogP contribution in [-0.2, 0) is 14.3 Å². The summed E-state index contributed by atoms with van der Waals surface area (Å²) in [5.41, 5.74) is 0. The van der Waals surface area contributed by atoms with E-state index in [2.05, 4.69) is 0 Å². The largest absolute Gasteiger partial charge is 0.344 e. The highest BCUT2D eigenvalue weighted by molar-refractivity contribution is 5.57. The number of hydrogen-bond donors (Lipinski definition) is 0. The van der Waals surface area contributed by atoms with Crippen LogP contribution in [-0.4, -0.2) is 24.3 Å². The van der Waals surface area contributed by atoms with Crippen molar-refractivity contribution in [1.82, 2.24) is 0 Å². The summed E-state index contributed by atoms with van der Waals surface area (Å²) in [5.74, 6) is -0.508. The van der Waals surface area contributed by atoms with Gasteiger partial charge in [0.05, 0.1) is 6.10 Å². The molecule has 13 heavy (non-hydrogen) atoms. The van der Waals surface area contributed by atoms with E-state index in [1.807, 2.05) is 20.8 Å². The van der Waals surface area contributed by atoms with Gasteiger partial charge in [-0.15, -0.1) is 0 Å². The van der Waals surface area contributed by atoms with Crippen molar-refractivity contribution in [2.75, 3.05) is 0 Å². The van der Waals surface area contributed by atoms with Gasteiger partial charge in [0.1, 0.15) is 6.10 Å². The fourth-order valence-electron chi connectivity index (χ4n) is 1.71. The number of ether oxygens (including phenoxy) is 2. The second-order valence-corrected chi connectivity index (χ2v) is 3.40. The molecule has 1 aliphatic heterocycles. The predicted octanol–water partition coefficient (Wildman–Crippen LogP) is 1.90. The number of rotatable bonds is 4. The highest BCUT2D eigenvalue weighted by atomic mass is 16.8. The second kappa shape index (κ2) is 4.20. The van der Waals surface area contributed by atoms with Gasteiger partial charge in [0, 0.05) is 0 Å². The number of aldehydes is 1. The highest BCUT2D eigenvalue weighted by Gasteiger charge is 2.44. The van der Waals surface area contributed by atoms with Gasteiger partial charge >= 0.3 is 0 Å². The average Bonchev–Trinajstić information content (AvgIpc) is 2.57. The van der Waals surface area contributed by atoms with Gasteiger partial charge in [-0.3, -0.25) is 0 Å². The molecular formula is C10H18O3. The van der Waals surface area contributed by atoms with Gasteiger partial charge in [-0.1, -0.05) is 20.8 Å². The van der Waals surface area contributed by atoms with Gasteiger partial charge in [0.25, 0.3) is 0 Å². The van der Waals surface area contributed by atoms with Crippen LogP contribution < -0.4 is 0 Å². The highest BCUT2D eigenvalue weighted by Crippen LogP contribution is 2.34. The summed E-state index contributed by atoms with van der Waals surface area (Å²) in [4.78, 5) is 10.7. The van der Waals surface area contributed by atoms with Gasteiger partial charge in [0.2, 0.25) is 0 Å². The average molecular weight is 186 g/mol. The molecule has 3 nitrogen and oxygen atoms in total. The van der Waals surface area contributed by atoms with E-state index in [1.54, 1.807) is 0 Å². The van der Waals surface area contributed by atoms with Crippen LogP contribution in [0.3, 0.4) is 0 Å². The molecule has 3 heteroatoms. The Morgan fingerprint density at radius 2 is 1.85 bits per heavy atom. The summed E-state index contributed by atoms with van der Waals surface area (Å²) >= 11 is 0. The second-order valence-electron chi connectivity index (χ2n) is 3.40. The van der Waals surface area contributed by atoms with E-state index >= 15 is 0 Å². The van der Waals surface area contributed by atoms with Gasteiger partial charge in [-0.2, -0.15) is 0 Å². The Morgan fingerprint density at radius 3 is 2.15 bits per heavy atom.